The fourth-order valence-electron chi connectivity index (χ4n) is 7.24. The van der Waals surface area contributed by atoms with Crippen molar-refractivity contribution in [1.82, 2.24) is 19.3 Å². The van der Waals surface area contributed by atoms with Gasteiger partial charge in [0.1, 0.15) is 34.1 Å². The molecular formula is C39H43N5O8S2. The molecule has 15 heteroatoms. The summed E-state index contributed by atoms with van der Waals surface area (Å²) in [6.45, 7) is 0.439. The summed E-state index contributed by atoms with van der Waals surface area (Å²) in [7, 11) is -6.72. The number of anilines is 1. The number of methoxy groups -OCH3 is 1. The van der Waals surface area contributed by atoms with Crippen molar-refractivity contribution in [3.8, 4) is 22.8 Å². The number of carbonyl (C=O) groups excluding carboxylic acids is 2. The predicted octanol–water partition coefficient (Wildman–Crippen LogP) is 4.61. The number of rotatable bonds is 7. The summed E-state index contributed by atoms with van der Waals surface area (Å²) < 4.78 is 68.8. The first-order valence-corrected chi connectivity index (χ1v) is 21.3. The third kappa shape index (κ3) is 7.79. The molecule has 1 saturated carbocycles. The maximum Gasteiger partial charge on any atom is 0.266 e. The highest BCUT2D eigenvalue weighted by molar-refractivity contribution is 7.90. The van der Waals surface area contributed by atoms with Crippen LogP contribution >= 0.6 is 0 Å². The Morgan fingerprint density at radius 1 is 1.02 bits per heavy atom. The first-order chi connectivity index (χ1) is 25.9. The van der Waals surface area contributed by atoms with Gasteiger partial charge < -0.3 is 20.1 Å². The van der Waals surface area contributed by atoms with Crippen LogP contribution in [-0.4, -0.2) is 82.1 Å². The Balaban J connectivity index is 1.17. The molecule has 2 aliphatic heterocycles. The van der Waals surface area contributed by atoms with E-state index in [4.69, 9.17) is 14.5 Å². The highest BCUT2D eigenvalue weighted by atomic mass is 32.2. The van der Waals surface area contributed by atoms with Gasteiger partial charge in [-0.05, 0) is 49.9 Å². The topological polar surface area (TPSA) is 173 Å². The van der Waals surface area contributed by atoms with Gasteiger partial charge in [-0.3, -0.25) is 9.59 Å². The molecule has 1 aliphatic carbocycles. The number of sulfonamides is 2. The van der Waals surface area contributed by atoms with Crippen molar-refractivity contribution < 1.29 is 35.9 Å². The fraction of sp³-hybridized carbons (Fsp3) is 0.359. The van der Waals surface area contributed by atoms with E-state index >= 15 is 0 Å². The zero-order valence-corrected chi connectivity index (χ0v) is 31.7. The van der Waals surface area contributed by atoms with E-state index in [9.17, 15) is 26.4 Å². The van der Waals surface area contributed by atoms with E-state index in [1.54, 1.807) is 43.5 Å². The van der Waals surface area contributed by atoms with E-state index in [2.05, 4.69) is 15.4 Å². The van der Waals surface area contributed by atoms with E-state index in [-0.39, 0.29) is 24.3 Å². The third-order valence-electron chi connectivity index (χ3n) is 10.2. The number of benzene rings is 3. The van der Waals surface area contributed by atoms with E-state index in [0.717, 1.165) is 41.8 Å². The molecule has 284 valence electrons. The Morgan fingerprint density at radius 3 is 2.57 bits per heavy atom. The minimum Gasteiger partial charge on any atom is -0.497 e. The molecule has 0 bridgehead atoms. The molecule has 2 fully saturated rings. The number of allylic oxidation sites excluding steroid dienone is 1. The van der Waals surface area contributed by atoms with Crippen LogP contribution in [0.1, 0.15) is 38.5 Å². The lowest BCUT2D eigenvalue weighted by Crippen LogP contribution is -2.56. The average Bonchev–Trinajstić information content (AvgIpc) is 3.67. The van der Waals surface area contributed by atoms with Crippen LogP contribution in [0.25, 0.3) is 22.2 Å². The van der Waals surface area contributed by atoms with Crippen molar-refractivity contribution in [2.45, 2.75) is 61.1 Å². The van der Waals surface area contributed by atoms with Crippen molar-refractivity contribution in [2.24, 2.45) is 5.92 Å². The number of hydrogen-bond donors (Lipinski definition) is 3. The number of hydrogen-bond acceptors (Lipinski definition) is 10. The highest BCUT2D eigenvalue weighted by Gasteiger charge is 2.61. The van der Waals surface area contributed by atoms with Gasteiger partial charge in [0.15, 0.2) is 0 Å². The molecule has 4 aromatic rings. The summed E-state index contributed by atoms with van der Waals surface area (Å²) >= 11 is 0. The van der Waals surface area contributed by atoms with Gasteiger partial charge in [-0.1, -0.05) is 61.0 Å². The molecule has 7 rings (SSSR count). The van der Waals surface area contributed by atoms with Crippen LogP contribution in [0.2, 0.25) is 0 Å². The zero-order chi connectivity index (χ0) is 38.1. The summed E-state index contributed by atoms with van der Waals surface area (Å²) in [4.78, 5) is 32.9. The van der Waals surface area contributed by atoms with Gasteiger partial charge in [-0.15, -0.1) is 0 Å². The molecule has 3 aromatic carbocycles. The lowest BCUT2D eigenvalue weighted by atomic mass is 10.1. The largest absolute Gasteiger partial charge is 0.497 e. The van der Waals surface area contributed by atoms with Gasteiger partial charge in [0, 0.05) is 42.0 Å². The standard InChI is InChI=1S/C39H43N5O8S2/c1-51-28-18-19-30-33(21-28)41-32(26-13-7-6-8-14-26)23-35(30)52-29-22-34(44(25-29)53(2,47)48)37(45)42-39-24-27(39)15-9-4-3-5-12-20-40-31-16-10-11-17-36(31)54(49,50)43-38(39)46/h6-11,13-19,21,23,27,29,34,40H,3-5,12,20,22,24-25H2,1-2H3,(H,42,45)(H,43,46)/b15-9-/t27-,29-,34+,39-/m1/s1. The van der Waals surface area contributed by atoms with Crippen LogP contribution < -0.4 is 24.8 Å². The maximum atomic E-state index is 14.2. The Labute approximate surface area is 315 Å². The van der Waals surface area contributed by atoms with Crippen molar-refractivity contribution in [3.63, 3.8) is 0 Å². The summed E-state index contributed by atoms with van der Waals surface area (Å²) in [5.41, 5.74) is 0.854. The predicted molar refractivity (Wildman–Crippen MR) is 205 cm³/mol. The molecule has 54 heavy (non-hydrogen) atoms. The number of para-hydroxylation sites is 1. The van der Waals surface area contributed by atoms with Crippen LogP contribution in [0.15, 0.2) is 95.9 Å². The second kappa shape index (κ2) is 15.0. The summed E-state index contributed by atoms with van der Waals surface area (Å²) in [5, 5.41) is 6.65. The first kappa shape index (κ1) is 37.3. The number of nitrogens with zero attached hydrogens (tertiary/aromatic N) is 2. The smallest absolute Gasteiger partial charge is 0.266 e. The highest BCUT2D eigenvalue weighted by Crippen LogP contribution is 2.46. The van der Waals surface area contributed by atoms with E-state index in [1.165, 1.54) is 6.07 Å². The Bertz CT molecular complexity index is 2320. The lowest BCUT2D eigenvalue weighted by molar-refractivity contribution is -0.131. The van der Waals surface area contributed by atoms with Crippen LogP contribution in [0.3, 0.4) is 0 Å². The molecule has 13 nitrogen and oxygen atoms in total. The Kier molecular flexibility index (Phi) is 10.4. The van der Waals surface area contributed by atoms with E-state index < -0.39 is 55.5 Å². The average molecular weight is 774 g/mol. The normalized spacial score (nSPS) is 25.1. The number of amides is 2. The molecule has 3 N–H and O–H groups in total. The van der Waals surface area contributed by atoms with Crippen LogP contribution in [0, 0.1) is 5.92 Å². The summed E-state index contributed by atoms with van der Waals surface area (Å²) in [6.07, 6.45) is 7.59. The Morgan fingerprint density at radius 2 is 1.80 bits per heavy atom. The van der Waals surface area contributed by atoms with Crippen molar-refractivity contribution >= 4 is 48.5 Å². The second-order valence-corrected chi connectivity index (χ2v) is 17.6. The second-order valence-electron chi connectivity index (χ2n) is 14.0. The van der Waals surface area contributed by atoms with Crippen LogP contribution in [0.4, 0.5) is 5.69 Å². The summed E-state index contributed by atoms with van der Waals surface area (Å²) in [6, 6.07) is 21.8. The van der Waals surface area contributed by atoms with E-state index in [1.807, 2.05) is 48.6 Å². The SMILES string of the molecule is COc1ccc2c(O[C@@H]3C[C@@H](C(=O)N[C@]45C[C@H]4/C=C\CCCCCNc4ccccc4S(=O)(=O)NC5=O)N(S(C)(=O)=O)C3)cc(-c3ccccc3)nc2c1. The maximum absolute atomic E-state index is 14.2. The number of pyridine rings is 1. The molecule has 3 aliphatic rings. The van der Waals surface area contributed by atoms with Gasteiger partial charge in [-0.25, -0.2) is 26.5 Å². The molecular weight excluding hydrogens is 731 g/mol. The van der Waals surface area contributed by atoms with Gasteiger partial charge in [0.25, 0.3) is 15.9 Å². The molecule has 1 saturated heterocycles. The number of carbonyl (C=O) groups is 2. The van der Waals surface area contributed by atoms with Gasteiger partial charge >= 0.3 is 0 Å². The van der Waals surface area contributed by atoms with E-state index in [0.29, 0.717) is 40.3 Å². The molecule has 3 heterocycles. The van der Waals surface area contributed by atoms with Crippen LogP contribution in [-0.2, 0) is 29.6 Å². The first-order valence-electron chi connectivity index (χ1n) is 17.9. The molecule has 0 unspecified atom stereocenters. The van der Waals surface area contributed by atoms with Gasteiger partial charge in [-0.2, -0.15) is 4.31 Å². The van der Waals surface area contributed by atoms with Crippen molar-refractivity contribution in [2.75, 3.05) is 31.8 Å². The van der Waals surface area contributed by atoms with Crippen molar-refractivity contribution in [1.29, 1.82) is 0 Å². The number of ether oxygens (including phenoxy) is 2. The molecule has 4 atom stereocenters. The van der Waals surface area contributed by atoms with Gasteiger partial charge in [0.05, 0.1) is 36.8 Å². The summed E-state index contributed by atoms with van der Waals surface area (Å²) in [5.74, 6) is -1.05. The minimum absolute atomic E-state index is 0.0188. The number of fused-ring (bicyclic) bond motifs is 3. The molecule has 0 radical (unpaired) electrons. The van der Waals surface area contributed by atoms with Crippen molar-refractivity contribution in [3.05, 3.63) is 91.0 Å². The molecule has 1 aromatic heterocycles. The zero-order valence-electron chi connectivity index (χ0n) is 30.0. The fourth-order valence-corrected chi connectivity index (χ4v) is 9.55. The number of nitrogens with one attached hydrogen (secondary N) is 3. The third-order valence-corrected chi connectivity index (χ3v) is 12.8. The monoisotopic (exact) mass is 773 g/mol. The number of aromatic nitrogens is 1. The molecule has 2 amide bonds. The Hall–Kier alpha value is -4.99. The lowest BCUT2D eigenvalue weighted by Gasteiger charge is -2.25. The minimum atomic E-state index is -4.35. The van der Waals surface area contributed by atoms with Gasteiger partial charge in [0.2, 0.25) is 15.9 Å². The quantitative estimate of drug-likeness (QED) is 0.225. The molecule has 0 spiro atoms. The van der Waals surface area contributed by atoms with Crippen LogP contribution in [0.5, 0.6) is 11.5 Å².